The molecule has 2 aromatic carbocycles. The third-order valence-electron chi connectivity index (χ3n) is 2.63. The highest BCUT2D eigenvalue weighted by atomic mass is 35.5. The molecule has 0 aliphatic carbocycles. The fourth-order valence-corrected chi connectivity index (χ4v) is 1.96. The molecule has 2 rings (SSSR count). The van der Waals surface area contributed by atoms with Crippen molar-refractivity contribution in [2.75, 3.05) is 11.1 Å². The summed E-state index contributed by atoms with van der Waals surface area (Å²) in [4.78, 5) is 12.1. The summed E-state index contributed by atoms with van der Waals surface area (Å²) in [6.45, 7) is 1.91. The SMILES string of the molecule is Cc1ccc(C(=O)Nc2ccc(Cl)c(Cl)c2)c(N)c1. The van der Waals surface area contributed by atoms with E-state index in [-0.39, 0.29) is 5.91 Å². The van der Waals surface area contributed by atoms with Gasteiger partial charge in [0.05, 0.1) is 15.6 Å². The lowest BCUT2D eigenvalue weighted by molar-refractivity contribution is 0.102. The minimum atomic E-state index is -0.282. The summed E-state index contributed by atoms with van der Waals surface area (Å²) in [7, 11) is 0. The van der Waals surface area contributed by atoms with Crippen molar-refractivity contribution in [3.05, 3.63) is 57.6 Å². The molecule has 1 amide bonds. The first-order valence-electron chi connectivity index (χ1n) is 5.60. The second-order valence-electron chi connectivity index (χ2n) is 4.17. The fourth-order valence-electron chi connectivity index (χ4n) is 1.66. The van der Waals surface area contributed by atoms with Gasteiger partial charge in [-0.1, -0.05) is 29.3 Å². The average molecular weight is 295 g/mol. The number of anilines is 2. The minimum absolute atomic E-state index is 0.282. The quantitative estimate of drug-likeness (QED) is 0.818. The molecule has 0 spiro atoms. The van der Waals surface area contributed by atoms with Gasteiger partial charge in [-0.3, -0.25) is 4.79 Å². The van der Waals surface area contributed by atoms with Crippen LogP contribution in [-0.4, -0.2) is 5.91 Å². The van der Waals surface area contributed by atoms with Crippen LogP contribution in [0.5, 0.6) is 0 Å². The maximum Gasteiger partial charge on any atom is 0.257 e. The van der Waals surface area contributed by atoms with Crippen molar-refractivity contribution >= 4 is 40.5 Å². The van der Waals surface area contributed by atoms with Crippen molar-refractivity contribution in [3.8, 4) is 0 Å². The fraction of sp³-hybridized carbons (Fsp3) is 0.0714. The van der Waals surface area contributed by atoms with Gasteiger partial charge in [-0.15, -0.1) is 0 Å². The highest BCUT2D eigenvalue weighted by molar-refractivity contribution is 6.42. The Morgan fingerprint density at radius 2 is 1.84 bits per heavy atom. The predicted octanol–water partition coefficient (Wildman–Crippen LogP) is 4.14. The lowest BCUT2D eigenvalue weighted by Gasteiger charge is -2.09. The number of hydrogen-bond acceptors (Lipinski definition) is 2. The lowest BCUT2D eigenvalue weighted by Crippen LogP contribution is -2.14. The molecule has 3 nitrogen and oxygen atoms in total. The Kier molecular flexibility index (Phi) is 3.98. The van der Waals surface area contributed by atoms with Gasteiger partial charge in [-0.2, -0.15) is 0 Å². The van der Waals surface area contributed by atoms with Crippen LogP contribution in [0.2, 0.25) is 10.0 Å². The Labute approximate surface area is 121 Å². The first-order chi connectivity index (χ1) is 8.97. The van der Waals surface area contributed by atoms with Crippen LogP contribution in [0.3, 0.4) is 0 Å². The van der Waals surface area contributed by atoms with Crippen molar-refractivity contribution < 1.29 is 4.79 Å². The van der Waals surface area contributed by atoms with Gasteiger partial charge in [-0.25, -0.2) is 0 Å². The number of benzene rings is 2. The van der Waals surface area contributed by atoms with Crippen molar-refractivity contribution in [1.82, 2.24) is 0 Å². The standard InChI is InChI=1S/C14H12Cl2N2O/c1-8-2-4-10(13(17)6-8)14(19)18-9-3-5-11(15)12(16)7-9/h2-7H,17H2,1H3,(H,18,19). The molecule has 0 radical (unpaired) electrons. The zero-order chi connectivity index (χ0) is 14.0. The van der Waals surface area contributed by atoms with Crippen molar-refractivity contribution in [1.29, 1.82) is 0 Å². The van der Waals surface area contributed by atoms with E-state index in [1.165, 1.54) is 0 Å². The van der Waals surface area contributed by atoms with E-state index in [0.717, 1.165) is 5.56 Å². The van der Waals surface area contributed by atoms with Crippen LogP contribution >= 0.6 is 23.2 Å². The van der Waals surface area contributed by atoms with Crippen molar-refractivity contribution in [3.63, 3.8) is 0 Å². The maximum atomic E-state index is 12.1. The summed E-state index contributed by atoms with van der Waals surface area (Å²) in [5.41, 5.74) is 8.26. The van der Waals surface area contributed by atoms with Crippen LogP contribution < -0.4 is 11.1 Å². The molecule has 0 saturated heterocycles. The molecule has 2 aromatic rings. The van der Waals surface area contributed by atoms with Crippen LogP contribution in [0.1, 0.15) is 15.9 Å². The Bertz CT molecular complexity index is 641. The van der Waals surface area contributed by atoms with Crippen LogP contribution in [0.25, 0.3) is 0 Å². The second kappa shape index (κ2) is 5.51. The van der Waals surface area contributed by atoms with Gasteiger partial charge in [0.1, 0.15) is 0 Å². The summed E-state index contributed by atoms with van der Waals surface area (Å²) >= 11 is 11.7. The first-order valence-corrected chi connectivity index (χ1v) is 6.35. The van der Waals surface area contributed by atoms with E-state index in [0.29, 0.717) is 27.0 Å². The molecule has 0 saturated carbocycles. The van der Waals surface area contributed by atoms with Gasteiger partial charge in [0.2, 0.25) is 0 Å². The summed E-state index contributed by atoms with van der Waals surface area (Å²) in [6, 6.07) is 10.2. The van der Waals surface area contributed by atoms with E-state index < -0.39 is 0 Å². The largest absolute Gasteiger partial charge is 0.398 e. The zero-order valence-corrected chi connectivity index (χ0v) is 11.7. The molecule has 3 N–H and O–H groups in total. The molecule has 0 aromatic heterocycles. The number of carbonyl (C=O) groups is 1. The number of aryl methyl sites for hydroxylation is 1. The molecule has 0 fully saturated rings. The number of nitrogen functional groups attached to an aromatic ring is 1. The predicted molar refractivity (Wildman–Crippen MR) is 80.0 cm³/mol. The van der Waals surface area contributed by atoms with Gasteiger partial charge in [0, 0.05) is 11.4 Å². The Hall–Kier alpha value is -1.71. The molecule has 0 atom stereocenters. The molecular formula is C14H12Cl2N2O. The first kappa shape index (κ1) is 13.7. The second-order valence-corrected chi connectivity index (χ2v) is 4.99. The van der Waals surface area contributed by atoms with Gasteiger partial charge in [0.25, 0.3) is 5.91 Å². The van der Waals surface area contributed by atoms with Crippen LogP contribution in [-0.2, 0) is 0 Å². The summed E-state index contributed by atoms with van der Waals surface area (Å²) < 4.78 is 0. The molecule has 0 unspecified atom stereocenters. The topological polar surface area (TPSA) is 55.1 Å². The van der Waals surface area contributed by atoms with Crippen LogP contribution in [0.15, 0.2) is 36.4 Å². The monoisotopic (exact) mass is 294 g/mol. The molecule has 0 aliphatic heterocycles. The number of nitrogens with one attached hydrogen (secondary N) is 1. The summed E-state index contributed by atoms with van der Waals surface area (Å²) in [5, 5.41) is 3.55. The van der Waals surface area contributed by atoms with E-state index in [2.05, 4.69) is 5.32 Å². The van der Waals surface area contributed by atoms with E-state index in [1.807, 2.05) is 13.0 Å². The number of rotatable bonds is 2. The molecule has 19 heavy (non-hydrogen) atoms. The molecular weight excluding hydrogens is 283 g/mol. The number of carbonyl (C=O) groups excluding carboxylic acids is 1. The van der Waals surface area contributed by atoms with E-state index in [1.54, 1.807) is 30.3 Å². The smallest absolute Gasteiger partial charge is 0.257 e. The van der Waals surface area contributed by atoms with E-state index in [9.17, 15) is 4.79 Å². The van der Waals surface area contributed by atoms with Crippen molar-refractivity contribution in [2.24, 2.45) is 0 Å². The number of hydrogen-bond donors (Lipinski definition) is 2. The summed E-state index contributed by atoms with van der Waals surface area (Å²) in [6.07, 6.45) is 0. The molecule has 0 heterocycles. The van der Waals surface area contributed by atoms with E-state index >= 15 is 0 Å². The zero-order valence-electron chi connectivity index (χ0n) is 10.2. The Morgan fingerprint density at radius 1 is 1.11 bits per heavy atom. The number of amides is 1. The number of nitrogens with two attached hydrogens (primary N) is 1. The highest BCUT2D eigenvalue weighted by Crippen LogP contribution is 2.25. The average Bonchev–Trinajstić information content (AvgIpc) is 2.33. The normalized spacial score (nSPS) is 10.3. The Balaban J connectivity index is 2.23. The highest BCUT2D eigenvalue weighted by Gasteiger charge is 2.10. The Morgan fingerprint density at radius 3 is 2.47 bits per heavy atom. The molecule has 0 bridgehead atoms. The van der Waals surface area contributed by atoms with Crippen LogP contribution in [0, 0.1) is 6.92 Å². The third-order valence-corrected chi connectivity index (χ3v) is 3.37. The van der Waals surface area contributed by atoms with E-state index in [4.69, 9.17) is 28.9 Å². The molecule has 0 aliphatic rings. The van der Waals surface area contributed by atoms with Gasteiger partial charge in [-0.05, 0) is 42.8 Å². The van der Waals surface area contributed by atoms with Crippen molar-refractivity contribution in [2.45, 2.75) is 6.92 Å². The summed E-state index contributed by atoms with van der Waals surface area (Å²) in [5.74, 6) is -0.282. The number of halogens is 2. The maximum absolute atomic E-state index is 12.1. The molecule has 98 valence electrons. The minimum Gasteiger partial charge on any atom is -0.398 e. The lowest BCUT2D eigenvalue weighted by atomic mass is 10.1. The van der Waals surface area contributed by atoms with Gasteiger partial charge >= 0.3 is 0 Å². The van der Waals surface area contributed by atoms with Gasteiger partial charge in [0.15, 0.2) is 0 Å². The molecule has 5 heteroatoms. The van der Waals surface area contributed by atoms with Crippen LogP contribution in [0.4, 0.5) is 11.4 Å². The third kappa shape index (κ3) is 3.19. The van der Waals surface area contributed by atoms with Gasteiger partial charge < -0.3 is 11.1 Å².